The highest BCUT2D eigenvalue weighted by molar-refractivity contribution is 7.99. The summed E-state index contributed by atoms with van der Waals surface area (Å²) in [4.78, 5) is 15.1. The molecule has 28 heavy (non-hydrogen) atoms. The number of nitrogens with zero attached hydrogens (tertiary/aromatic N) is 2. The number of amides is 1. The second kappa shape index (κ2) is 8.27. The monoisotopic (exact) mass is 398 g/mol. The van der Waals surface area contributed by atoms with E-state index in [4.69, 9.17) is 0 Å². The number of rotatable bonds is 6. The van der Waals surface area contributed by atoms with Crippen LogP contribution >= 0.6 is 11.8 Å². The molecule has 0 saturated heterocycles. The zero-order valence-corrected chi connectivity index (χ0v) is 17.6. The van der Waals surface area contributed by atoms with Gasteiger partial charge < -0.3 is 10.3 Å². The summed E-state index contributed by atoms with van der Waals surface area (Å²) in [5, 5.41) is 11.4. The summed E-state index contributed by atoms with van der Waals surface area (Å²) in [5.74, 6) is 3.38. The van der Waals surface area contributed by atoms with Gasteiger partial charge in [0.1, 0.15) is 6.33 Å². The summed E-state index contributed by atoms with van der Waals surface area (Å²) in [6.07, 6.45) is 8.83. The van der Waals surface area contributed by atoms with Crippen molar-refractivity contribution in [3.8, 4) is 0 Å². The number of H-pyrrole nitrogens is 1. The van der Waals surface area contributed by atoms with Crippen LogP contribution in [-0.2, 0) is 10.2 Å². The number of benzene rings is 1. The lowest BCUT2D eigenvalue weighted by Crippen LogP contribution is -2.38. The van der Waals surface area contributed by atoms with Crippen molar-refractivity contribution >= 4 is 23.4 Å². The number of hydrogen-bond donors (Lipinski definition) is 2. The fourth-order valence-electron chi connectivity index (χ4n) is 5.51. The average molecular weight is 399 g/mol. The molecule has 2 atom stereocenters. The molecular formula is C22H30N4OS. The van der Waals surface area contributed by atoms with Crippen LogP contribution in [0.25, 0.3) is 0 Å². The van der Waals surface area contributed by atoms with Gasteiger partial charge in [-0.25, -0.2) is 0 Å². The lowest BCUT2D eigenvalue weighted by molar-refractivity contribution is -0.115. The summed E-state index contributed by atoms with van der Waals surface area (Å²) >= 11 is 1.50. The van der Waals surface area contributed by atoms with Gasteiger partial charge in [-0.2, -0.15) is 0 Å². The second-order valence-electron chi connectivity index (χ2n) is 9.03. The van der Waals surface area contributed by atoms with Crippen LogP contribution < -0.4 is 5.32 Å². The summed E-state index contributed by atoms with van der Waals surface area (Å²) in [5.41, 5.74) is 2.59. The number of thioether (sulfide) groups is 1. The normalized spacial score (nSPS) is 29.4. The van der Waals surface area contributed by atoms with Crippen molar-refractivity contribution in [3.63, 3.8) is 0 Å². The Balaban J connectivity index is 1.31. The SMILES string of the molecule is CC1CC2CC(C1)CC(C)(c1ccc(NC(=O)CCSc3nnc[nH]3)cc1)C2. The molecule has 2 bridgehead atoms. The van der Waals surface area contributed by atoms with Crippen LogP contribution in [0, 0.1) is 17.8 Å². The van der Waals surface area contributed by atoms with E-state index in [1.165, 1.54) is 49.4 Å². The Bertz CT molecular complexity index is 771. The van der Waals surface area contributed by atoms with Gasteiger partial charge in [0.05, 0.1) is 0 Å². The van der Waals surface area contributed by atoms with E-state index in [1.54, 1.807) is 6.33 Å². The van der Waals surface area contributed by atoms with Crippen LogP contribution in [0.5, 0.6) is 0 Å². The zero-order chi connectivity index (χ0) is 19.6. The number of nitrogens with one attached hydrogen (secondary N) is 2. The number of carbonyl (C=O) groups excluding carboxylic acids is 1. The standard InChI is InChI=1S/C22H30N4OS/c1-15-9-16-11-17(10-15)13-22(2,12-16)18-3-5-19(6-4-18)25-20(27)7-8-28-21-23-14-24-26-21/h3-6,14-17H,7-13H2,1-2H3,(H,25,27)(H,23,24,26). The fourth-order valence-corrected chi connectivity index (χ4v) is 6.23. The number of carbonyl (C=O) groups is 1. The van der Waals surface area contributed by atoms with E-state index in [9.17, 15) is 4.79 Å². The molecule has 1 heterocycles. The maximum Gasteiger partial charge on any atom is 0.225 e. The molecule has 1 amide bonds. The van der Waals surface area contributed by atoms with Crippen molar-refractivity contribution in [1.82, 2.24) is 15.2 Å². The molecule has 0 spiro atoms. The highest BCUT2D eigenvalue weighted by Gasteiger charge is 2.41. The van der Waals surface area contributed by atoms with Gasteiger partial charge in [-0.3, -0.25) is 4.79 Å². The van der Waals surface area contributed by atoms with Crippen LogP contribution in [0.3, 0.4) is 0 Å². The molecule has 5 nitrogen and oxygen atoms in total. The minimum Gasteiger partial charge on any atom is -0.326 e. The molecule has 2 unspecified atom stereocenters. The highest BCUT2D eigenvalue weighted by atomic mass is 32.2. The van der Waals surface area contributed by atoms with Crippen molar-refractivity contribution in [2.45, 2.75) is 62.9 Å². The summed E-state index contributed by atoms with van der Waals surface area (Å²) < 4.78 is 0. The largest absolute Gasteiger partial charge is 0.326 e. The Morgan fingerprint density at radius 3 is 2.57 bits per heavy atom. The topological polar surface area (TPSA) is 70.7 Å². The molecular weight excluding hydrogens is 368 g/mol. The Labute approximate surface area is 171 Å². The first-order valence-electron chi connectivity index (χ1n) is 10.4. The van der Waals surface area contributed by atoms with Gasteiger partial charge in [0.15, 0.2) is 5.16 Å². The lowest BCUT2D eigenvalue weighted by Gasteiger charge is -2.47. The third-order valence-electron chi connectivity index (χ3n) is 6.44. The van der Waals surface area contributed by atoms with Crippen molar-refractivity contribution in [3.05, 3.63) is 36.2 Å². The summed E-state index contributed by atoms with van der Waals surface area (Å²) in [7, 11) is 0. The van der Waals surface area contributed by atoms with Gasteiger partial charge in [-0.1, -0.05) is 37.7 Å². The Morgan fingerprint density at radius 2 is 1.93 bits per heavy atom. The van der Waals surface area contributed by atoms with Gasteiger partial charge in [-0.15, -0.1) is 10.2 Å². The predicted octanol–water partition coefficient (Wildman–Crippen LogP) is 5.03. The van der Waals surface area contributed by atoms with Crippen molar-refractivity contribution in [2.24, 2.45) is 17.8 Å². The van der Waals surface area contributed by atoms with Crippen molar-refractivity contribution in [2.75, 3.05) is 11.1 Å². The van der Waals surface area contributed by atoms with E-state index in [-0.39, 0.29) is 11.3 Å². The first-order valence-corrected chi connectivity index (χ1v) is 11.4. The molecule has 0 radical (unpaired) electrons. The third kappa shape index (κ3) is 4.59. The number of anilines is 1. The Hall–Kier alpha value is -1.82. The number of fused-ring (bicyclic) bond motifs is 2. The Kier molecular flexibility index (Phi) is 5.76. The molecule has 2 N–H and O–H groups in total. The van der Waals surface area contributed by atoms with Gasteiger partial charge in [-0.05, 0) is 73.0 Å². The molecule has 6 heteroatoms. The van der Waals surface area contributed by atoms with Gasteiger partial charge in [0, 0.05) is 17.9 Å². The van der Waals surface area contributed by atoms with Crippen LogP contribution in [0.2, 0.25) is 0 Å². The maximum atomic E-state index is 12.2. The second-order valence-corrected chi connectivity index (χ2v) is 10.1. The van der Waals surface area contributed by atoms with Gasteiger partial charge >= 0.3 is 0 Å². The van der Waals surface area contributed by atoms with Crippen molar-refractivity contribution in [1.29, 1.82) is 0 Å². The van der Waals surface area contributed by atoms with E-state index in [0.29, 0.717) is 12.2 Å². The smallest absolute Gasteiger partial charge is 0.225 e. The molecule has 150 valence electrons. The minimum absolute atomic E-state index is 0.0344. The van der Waals surface area contributed by atoms with Crippen LogP contribution in [0.15, 0.2) is 35.7 Å². The molecule has 2 saturated carbocycles. The van der Waals surface area contributed by atoms with Crippen molar-refractivity contribution < 1.29 is 4.79 Å². The van der Waals surface area contributed by atoms with E-state index in [1.807, 2.05) is 0 Å². The zero-order valence-electron chi connectivity index (χ0n) is 16.8. The van der Waals surface area contributed by atoms with E-state index < -0.39 is 0 Å². The summed E-state index contributed by atoms with van der Waals surface area (Å²) in [6.45, 7) is 4.86. The number of aromatic nitrogens is 3. The maximum absolute atomic E-state index is 12.2. The average Bonchev–Trinajstić information content (AvgIpc) is 3.14. The molecule has 2 aliphatic carbocycles. The molecule has 2 fully saturated rings. The number of aromatic amines is 1. The Morgan fingerprint density at radius 1 is 1.21 bits per heavy atom. The van der Waals surface area contributed by atoms with E-state index in [2.05, 4.69) is 58.6 Å². The van der Waals surface area contributed by atoms with Crippen LogP contribution in [0.4, 0.5) is 5.69 Å². The number of hydrogen-bond acceptors (Lipinski definition) is 4. The third-order valence-corrected chi connectivity index (χ3v) is 7.33. The lowest BCUT2D eigenvalue weighted by atomic mass is 9.57. The quantitative estimate of drug-likeness (QED) is 0.670. The first-order chi connectivity index (χ1) is 13.5. The van der Waals surface area contributed by atoms with Gasteiger partial charge in [0.25, 0.3) is 0 Å². The van der Waals surface area contributed by atoms with E-state index >= 15 is 0 Å². The molecule has 4 rings (SSSR count). The molecule has 1 aromatic carbocycles. The summed E-state index contributed by atoms with van der Waals surface area (Å²) in [6, 6.07) is 8.58. The molecule has 2 aliphatic rings. The first kappa shape index (κ1) is 19.5. The predicted molar refractivity (Wildman–Crippen MR) is 113 cm³/mol. The van der Waals surface area contributed by atoms with Crippen LogP contribution in [-0.4, -0.2) is 26.8 Å². The molecule has 0 aliphatic heterocycles. The highest BCUT2D eigenvalue weighted by Crippen LogP contribution is 2.51. The van der Waals surface area contributed by atoms with E-state index in [0.717, 1.165) is 28.6 Å². The van der Waals surface area contributed by atoms with Crippen LogP contribution in [0.1, 0.15) is 57.9 Å². The molecule has 2 aromatic rings. The fraction of sp³-hybridized carbons (Fsp3) is 0.591. The van der Waals surface area contributed by atoms with Gasteiger partial charge in [0.2, 0.25) is 5.91 Å². The molecule has 1 aromatic heterocycles. The minimum atomic E-state index is 0.0344.